The van der Waals surface area contributed by atoms with Crippen molar-refractivity contribution >= 4 is 5.82 Å². The molecule has 2 aromatic carbocycles. The summed E-state index contributed by atoms with van der Waals surface area (Å²) in [4.78, 5) is 0. The molecule has 0 unspecified atom stereocenters. The summed E-state index contributed by atoms with van der Waals surface area (Å²) >= 11 is 0. The summed E-state index contributed by atoms with van der Waals surface area (Å²) < 4.78 is 72.0. The molecular weight excluding hydrogens is 381 g/mol. The molecule has 9 heteroatoms. The zero-order chi connectivity index (χ0) is 20.5. The molecule has 0 aliphatic carbocycles. The van der Waals surface area contributed by atoms with Crippen molar-refractivity contribution in [3.63, 3.8) is 0 Å². The SMILES string of the molecule is C[C@@H](OCc1cc(F)cc(-c2cc(N)nn2-c2ccccc2F)c1)C(F)(F)F. The Kier molecular flexibility index (Phi) is 5.37. The van der Waals surface area contributed by atoms with Gasteiger partial charge < -0.3 is 10.5 Å². The average Bonchev–Trinajstić information content (AvgIpc) is 3.00. The number of alkyl halides is 3. The van der Waals surface area contributed by atoms with E-state index < -0.39 is 30.5 Å². The second-order valence-electron chi connectivity index (χ2n) is 6.16. The summed E-state index contributed by atoms with van der Waals surface area (Å²) in [7, 11) is 0. The Hall–Kier alpha value is -2.94. The largest absolute Gasteiger partial charge is 0.414 e. The second-order valence-corrected chi connectivity index (χ2v) is 6.16. The minimum Gasteiger partial charge on any atom is -0.382 e. The molecule has 0 spiro atoms. The van der Waals surface area contributed by atoms with Crippen molar-refractivity contribution in [2.24, 2.45) is 0 Å². The van der Waals surface area contributed by atoms with Crippen LogP contribution in [-0.4, -0.2) is 22.1 Å². The van der Waals surface area contributed by atoms with Crippen LogP contribution in [0.25, 0.3) is 16.9 Å². The van der Waals surface area contributed by atoms with Gasteiger partial charge in [0.15, 0.2) is 6.10 Å². The molecule has 2 N–H and O–H groups in total. The van der Waals surface area contributed by atoms with E-state index in [0.717, 1.165) is 19.1 Å². The third-order valence-electron chi connectivity index (χ3n) is 4.02. The molecule has 28 heavy (non-hydrogen) atoms. The van der Waals surface area contributed by atoms with E-state index in [4.69, 9.17) is 10.5 Å². The first kappa shape index (κ1) is 19.8. The molecule has 3 aromatic rings. The van der Waals surface area contributed by atoms with Crippen LogP contribution in [0.15, 0.2) is 48.5 Å². The number of rotatable bonds is 5. The number of hydrogen-bond donors (Lipinski definition) is 1. The van der Waals surface area contributed by atoms with Crippen LogP contribution in [0.5, 0.6) is 0 Å². The fourth-order valence-electron chi connectivity index (χ4n) is 2.61. The standard InChI is InChI=1S/C19H16F5N3O/c1-11(19(22,23)24)28-10-12-6-13(8-14(20)7-12)17-9-18(25)26-27(17)16-5-3-2-4-15(16)21/h2-9,11H,10H2,1H3,(H2,25,26)/t11-/m1/s1. The van der Waals surface area contributed by atoms with Crippen molar-refractivity contribution in [2.45, 2.75) is 25.8 Å². The maximum absolute atomic E-state index is 14.2. The van der Waals surface area contributed by atoms with Crippen molar-refractivity contribution in [1.29, 1.82) is 0 Å². The van der Waals surface area contributed by atoms with E-state index >= 15 is 0 Å². The van der Waals surface area contributed by atoms with Gasteiger partial charge in [0.2, 0.25) is 0 Å². The van der Waals surface area contributed by atoms with Crippen LogP contribution in [0.2, 0.25) is 0 Å². The molecule has 0 aliphatic heterocycles. The van der Waals surface area contributed by atoms with Crippen molar-refractivity contribution in [2.75, 3.05) is 5.73 Å². The van der Waals surface area contributed by atoms with Crippen LogP contribution in [0.3, 0.4) is 0 Å². The number of halogens is 5. The van der Waals surface area contributed by atoms with Crippen LogP contribution >= 0.6 is 0 Å². The molecule has 0 saturated heterocycles. The number of benzene rings is 2. The van der Waals surface area contributed by atoms with E-state index in [1.165, 1.54) is 35.0 Å². The quantitative estimate of drug-likeness (QED) is 0.625. The van der Waals surface area contributed by atoms with Crippen LogP contribution in [0, 0.1) is 11.6 Å². The summed E-state index contributed by atoms with van der Waals surface area (Å²) in [5, 5.41) is 4.04. The molecule has 0 fully saturated rings. The van der Waals surface area contributed by atoms with Gasteiger partial charge in [-0.1, -0.05) is 12.1 Å². The van der Waals surface area contributed by atoms with Gasteiger partial charge in [0.1, 0.15) is 23.1 Å². The first-order chi connectivity index (χ1) is 13.1. The molecule has 4 nitrogen and oxygen atoms in total. The van der Waals surface area contributed by atoms with Gasteiger partial charge in [-0.05, 0) is 42.8 Å². The smallest absolute Gasteiger partial charge is 0.382 e. The Bertz CT molecular complexity index is 984. The van der Waals surface area contributed by atoms with Gasteiger partial charge in [-0.15, -0.1) is 0 Å². The van der Waals surface area contributed by atoms with Gasteiger partial charge in [0.05, 0.1) is 12.3 Å². The maximum Gasteiger partial charge on any atom is 0.414 e. The van der Waals surface area contributed by atoms with Crippen LogP contribution < -0.4 is 5.73 Å². The Morgan fingerprint density at radius 3 is 2.50 bits per heavy atom. The van der Waals surface area contributed by atoms with E-state index in [0.29, 0.717) is 0 Å². The third-order valence-corrected chi connectivity index (χ3v) is 4.02. The minimum atomic E-state index is -4.52. The number of ether oxygens (including phenoxy) is 1. The van der Waals surface area contributed by atoms with Crippen LogP contribution in [-0.2, 0) is 11.3 Å². The van der Waals surface area contributed by atoms with Gasteiger partial charge in [-0.25, -0.2) is 13.5 Å². The number of nitrogens with two attached hydrogens (primary N) is 1. The molecule has 0 saturated carbocycles. The lowest BCUT2D eigenvalue weighted by Gasteiger charge is -2.17. The van der Waals surface area contributed by atoms with Crippen LogP contribution in [0.1, 0.15) is 12.5 Å². The maximum atomic E-state index is 14.2. The predicted octanol–water partition coefficient (Wildman–Crippen LogP) is 4.87. The van der Waals surface area contributed by atoms with Gasteiger partial charge in [0, 0.05) is 11.6 Å². The highest BCUT2D eigenvalue weighted by Gasteiger charge is 2.36. The lowest BCUT2D eigenvalue weighted by atomic mass is 10.1. The fraction of sp³-hybridized carbons (Fsp3) is 0.211. The van der Waals surface area contributed by atoms with Crippen molar-refractivity contribution in [3.8, 4) is 16.9 Å². The normalized spacial score (nSPS) is 12.9. The van der Waals surface area contributed by atoms with Crippen LogP contribution in [0.4, 0.5) is 27.8 Å². The van der Waals surface area contributed by atoms with E-state index in [9.17, 15) is 22.0 Å². The Balaban J connectivity index is 1.97. The number of para-hydroxylation sites is 1. The molecule has 0 bridgehead atoms. The zero-order valence-corrected chi connectivity index (χ0v) is 14.7. The topological polar surface area (TPSA) is 53.1 Å². The molecule has 0 aliphatic rings. The summed E-state index contributed by atoms with van der Waals surface area (Å²) in [6.45, 7) is 0.420. The van der Waals surface area contributed by atoms with E-state index in [2.05, 4.69) is 5.10 Å². The Morgan fingerprint density at radius 1 is 1.11 bits per heavy atom. The average molecular weight is 397 g/mol. The number of aromatic nitrogens is 2. The first-order valence-corrected chi connectivity index (χ1v) is 8.24. The highest BCUT2D eigenvalue weighted by molar-refractivity contribution is 5.66. The van der Waals surface area contributed by atoms with E-state index in [1.807, 2.05) is 0 Å². The summed E-state index contributed by atoms with van der Waals surface area (Å²) in [5.41, 5.74) is 6.57. The minimum absolute atomic E-state index is 0.0750. The molecular formula is C19H16F5N3O. The fourth-order valence-corrected chi connectivity index (χ4v) is 2.61. The summed E-state index contributed by atoms with van der Waals surface area (Å²) in [6.07, 6.45) is -6.52. The zero-order valence-electron chi connectivity index (χ0n) is 14.7. The molecule has 0 amide bonds. The molecule has 1 aromatic heterocycles. The lowest BCUT2D eigenvalue weighted by Crippen LogP contribution is -2.28. The van der Waals surface area contributed by atoms with E-state index in [-0.39, 0.29) is 28.3 Å². The Morgan fingerprint density at radius 2 is 1.82 bits per heavy atom. The van der Waals surface area contributed by atoms with Crippen molar-refractivity contribution < 1.29 is 26.7 Å². The summed E-state index contributed by atoms with van der Waals surface area (Å²) in [5.74, 6) is -1.17. The highest BCUT2D eigenvalue weighted by atomic mass is 19.4. The number of hydrogen-bond acceptors (Lipinski definition) is 3. The van der Waals surface area contributed by atoms with Crippen molar-refractivity contribution in [1.82, 2.24) is 9.78 Å². The molecule has 0 radical (unpaired) electrons. The van der Waals surface area contributed by atoms with Gasteiger partial charge in [-0.3, -0.25) is 0 Å². The number of nitrogen functional groups attached to an aromatic ring is 1. The van der Waals surface area contributed by atoms with Gasteiger partial charge in [-0.2, -0.15) is 18.3 Å². The molecule has 3 rings (SSSR count). The number of anilines is 1. The lowest BCUT2D eigenvalue weighted by molar-refractivity contribution is -0.217. The molecule has 148 valence electrons. The van der Waals surface area contributed by atoms with Gasteiger partial charge >= 0.3 is 6.18 Å². The van der Waals surface area contributed by atoms with E-state index in [1.54, 1.807) is 6.07 Å². The molecule has 1 heterocycles. The molecule has 1 atom stereocenters. The second kappa shape index (κ2) is 7.59. The first-order valence-electron chi connectivity index (χ1n) is 8.24. The van der Waals surface area contributed by atoms with Crippen molar-refractivity contribution in [3.05, 3.63) is 65.7 Å². The monoisotopic (exact) mass is 397 g/mol. The van der Waals surface area contributed by atoms with Gasteiger partial charge in [0.25, 0.3) is 0 Å². The number of nitrogens with zero attached hydrogens (tertiary/aromatic N) is 2. The highest BCUT2D eigenvalue weighted by Crippen LogP contribution is 2.29. The third kappa shape index (κ3) is 4.30. The summed E-state index contributed by atoms with van der Waals surface area (Å²) in [6, 6.07) is 10.9. The Labute approximate surface area is 157 Å². The predicted molar refractivity (Wildman–Crippen MR) is 93.6 cm³/mol.